The van der Waals surface area contributed by atoms with Gasteiger partial charge in [0.25, 0.3) is 11.6 Å². The average Bonchev–Trinajstić information content (AvgIpc) is 2.82. The topological polar surface area (TPSA) is 72.7 Å². The molecule has 6 nitrogen and oxygen atoms in total. The zero-order valence-electron chi connectivity index (χ0n) is 18.0. The SMILES string of the molecule is CC(C)c1ccc(C2OCc3ccccc3N2C(=O)/C=C/c2cccc([N+](=O)[O-])c2)cc1. The maximum atomic E-state index is 13.3. The van der Waals surface area contributed by atoms with Crippen molar-refractivity contribution in [2.45, 2.75) is 32.6 Å². The predicted octanol–water partition coefficient (Wildman–Crippen LogP) is 5.99. The van der Waals surface area contributed by atoms with Crippen LogP contribution in [0, 0.1) is 10.1 Å². The third kappa shape index (κ3) is 4.45. The molecule has 1 heterocycles. The number of rotatable bonds is 5. The standard InChI is InChI=1S/C26H24N2O4/c1-18(2)20-11-13-21(14-12-20)26-27(24-9-4-3-7-22(24)17-32-26)25(29)15-10-19-6-5-8-23(16-19)28(30)31/h3-16,18,26H,17H2,1-2H3/b15-10+. The van der Waals surface area contributed by atoms with Crippen LogP contribution in [0.3, 0.4) is 0 Å². The van der Waals surface area contributed by atoms with E-state index in [1.165, 1.54) is 23.8 Å². The van der Waals surface area contributed by atoms with Gasteiger partial charge >= 0.3 is 0 Å². The molecule has 0 aromatic heterocycles. The van der Waals surface area contributed by atoms with Crippen molar-refractivity contribution in [3.05, 3.63) is 111 Å². The molecule has 1 unspecified atom stereocenters. The van der Waals surface area contributed by atoms with Crippen LogP contribution in [0.5, 0.6) is 0 Å². The maximum Gasteiger partial charge on any atom is 0.270 e. The van der Waals surface area contributed by atoms with Crippen molar-refractivity contribution >= 4 is 23.4 Å². The summed E-state index contributed by atoms with van der Waals surface area (Å²) in [6.07, 6.45) is 2.46. The van der Waals surface area contributed by atoms with Gasteiger partial charge in [-0.15, -0.1) is 0 Å². The lowest BCUT2D eigenvalue weighted by Crippen LogP contribution is -2.38. The molecule has 0 aliphatic carbocycles. The van der Waals surface area contributed by atoms with Gasteiger partial charge in [0.05, 0.1) is 17.2 Å². The van der Waals surface area contributed by atoms with Crippen molar-refractivity contribution < 1.29 is 14.5 Å². The molecule has 32 heavy (non-hydrogen) atoms. The second-order valence-electron chi connectivity index (χ2n) is 8.01. The normalized spacial score (nSPS) is 15.7. The van der Waals surface area contributed by atoms with Gasteiger partial charge in [-0.2, -0.15) is 0 Å². The highest BCUT2D eigenvalue weighted by Gasteiger charge is 2.31. The summed E-state index contributed by atoms with van der Waals surface area (Å²) in [6, 6.07) is 22.0. The second-order valence-corrected chi connectivity index (χ2v) is 8.01. The first-order valence-corrected chi connectivity index (χ1v) is 10.5. The number of carbonyl (C=O) groups is 1. The first-order valence-electron chi connectivity index (χ1n) is 10.5. The Hall–Kier alpha value is -3.77. The van der Waals surface area contributed by atoms with Crippen molar-refractivity contribution in [3.8, 4) is 0 Å². The van der Waals surface area contributed by atoms with Crippen LogP contribution in [-0.2, 0) is 16.1 Å². The number of nitro groups is 1. The number of non-ortho nitro benzene ring substituents is 1. The first-order chi connectivity index (χ1) is 15.4. The number of carbonyl (C=O) groups excluding carboxylic acids is 1. The highest BCUT2D eigenvalue weighted by atomic mass is 16.6. The third-order valence-corrected chi connectivity index (χ3v) is 5.51. The molecular weight excluding hydrogens is 404 g/mol. The van der Waals surface area contributed by atoms with Gasteiger partial charge in [-0.25, -0.2) is 0 Å². The molecule has 3 aromatic rings. The van der Waals surface area contributed by atoms with Crippen LogP contribution in [0.4, 0.5) is 11.4 Å². The number of ether oxygens (including phenoxy) is 1. The highest BCUT2D eigenvalue weighted by Crippen LogP contribution is 2.37. The van der Waals surface area contributed by atoms with Gasteiger partial charge in [-0.3, -0.25) is 19.8 Å². The van der Waals surface area contributed by atoms with Gasteiger partial charge in [0.1, 0.15) is 0 Å². The minimum Gasteiger partial charge on any atom is -0.349 e. The van der Waals surface area contributed by atoms with E-state index < -0.39 is 11.2 Å². The number of para-hydroxylation sites is 1. The molecule has 0 radical (unpaired) electrons. The van der Waals surface area contributed by atoms with E-state index in [4.69, 9.17) is 4.74 Å². The molecule has 0 spiro atoms. The summed E-state index contributed by atoms with van der Waals surface area (Å²) in [5.41, 5.74) is 4.39. The summed E-state index contributed by atoms with van der Waals surface area (Å²) in [5.74, 6) is 0.147. The molecule has 6 heteroatoms. The van der Waals surface area contributed by atoms with Crippen molar-refractivity contribution in [1.82, 2.24) is 0 Å². The minimum atomic E-state index is -0.562. The zero-order chi connectivity index (χ0) is 22.7. The molecule has 1 atom stereocenters. The number of nitrogens with zero attached hydrogens (tertiary/aromatic N) is 2. The number of fused-ring (bicyclic) bond motifs is 1. The zero-order valence-corrected chi connectivity index (χ0v) is 18.0. The van der Waals surface area contributed by atoms with E-state index in [-0.39, 0.29) is 11.6 Å². The number of nitro benzene ring substituents is 1. The van der Waals surface area contributed by atoms with E-state index in [2.05, 4.69) is 26.0 Å². The van der Waals surface area contributed by atoms with Crippen LogP contribution < -0.4 is 4.90 Å². The number of hydrogen-bond donors (Lipinski definition) is 0. The van der Waals surface area contributed by atoms with E-state index in [1.54, 1.807) is 23.1 Å². The second kappa shape index (κ2) is 9.16. The Morgan fingerprint density at radius 1 is 1.09 bits per heavy atom. The van der Waals surface area contributed by atoms with E-state index in [1.807, 2.05) is 36.4 Å². The largest absolute Gasteiger partial charge is 0.349 e. The molecule has 162 valence electrons. The summed E-state index contributed by atoms with van der Waals surface area (Å²) >= 11 is 0. The Morgan fingerprint density at radius 3 is 2.56 bits per heavy atom. The van der Waals surface area contributed by atoms with E-state index in [0.717, 1.165) is 16.8 Å². The molecule has 0 bridgehead atoms. The predicted molar refractivity (Wildman–Crippen MR) is 124 cm³/mol. The Labute approximate surface area is 186 Å². The first kappa shape index (κ1) is 21.5. The molecular formula is C26H24N2O4. The van der Waals surface area contributed by atoms with Crippen LogP contribution in [0.15, 0.2) is 78.9 Å². The highest BCUT2D eigenvalue weighted by molar-refractivity contribution is 6.04. The lowest BCUT2D eigenvalue weighted by molar-refractivity contribution is -0.384. The number of hydrogen-bond acceptors (Lipinski definition) is 4. The number of benzene rings is 3. The van der Waals surface area contributed by atoms with Crippen LogP contribution in [-0.4, -0.2) is 10.8 Å². The summed E-state index contributed by atoms with van der Waals surface area (Å²) in [5, 5.41) is 11.0. The van der Waals surface area contributed by atoms with Gasteiger partial charge in [0, 0.05) is 29.3 Å². The van der Waals surface area contributed by atoms with Crippen LogP contribution in [0.2, 0.25) is 0 Å². The molecule has 0 saturated heterocycles. The monoisotopic (exact) mass is 428 g/mol. The molecule has 0 N–H and O–H groups in total. The maximum absolute atomic E-state index is 13.3. The van der Waals surface area contributed by atoms with Crippen molar-refractivity contribution in [2.24, 2.45) is 0 Å². The molecule has 1 amide bonds. The lowest BCUT2D eigenvalue weighted by atomic mass is 10.00. The van der Waals surface area contributed by atoms with Crippen LogP contribution >= 0.6 is 0 Å². The summed E-state index contributed by atoms with van der Waals surface area (Å²) < 4.78 is 6.11. The van der Waals surface area contributed by atoms with Gasteiger partial charge in [-0.1, -0.05) is 68.4 Å². The van der Waals surface area contributed by atoms with Crippen LogP contribution in [0.1, 0.15) is 48.2 Å². The van der Waals surface area contributed by atoms with Gasteiger partial charge < -0.3 is 4.74 Å². The van der Waals surface area contributed by atoms with E-state index in [9.17, 15) is 14.9 Å². The molecule has 3 aromatic carbocycles. The molecule has 1 aliphatic rings. The average molecular weight is 428 g/mol. The fourth-order valence-electron chi connectivity index (χ4n) is 3.75. The van der Waals surface area contributed by atoms with Crippen molar-refractivity contribution in [2.75, 3.05) is 4.90 Å². The fraction of sp³-hybridized carbons (Fsp3) is 0.192. The summed E-state index contributed by atoms with van der Waals surface area (Å²) in [4.78, 5) is 25.6. The summed E-state index contributed by atoms with van der Waals surface area (Å²) in [6.45, 7) is 4.68. The Bertz CT molecular complexity index is 1170. The Balaban J connectivity index is 1.67. The Kier molecular flexibility index (Phi) is 6.14. The van der Waals surface area contributed by atoms with Crippen LogP contribution in [0.25, 0.3) is 6.08 Å². The molecule has 0 fully saturated rings. The quantitative estimate of drug-likeness (QED) is 0.284. The van der Waals surface area contributed by atoms with E-state index in [0.29, 0.717) is 18.1 Å². The minimum absolute atomic E-state index is 0.0191. The number of anilines is 1. The van der Waals surface area contributed by atoms with Gasteiger partial charge in [0.15, 0.2) is 6.23 Å². The molecule has 1 aliphatic heterocycles. The molecule has 0 saturated carbocycles. The summed E-state index contributed by atoms with van der Waals surface area (Å²) in [7, 11) is 0. The molecule has 4 rings (SSSR count). The van der Waals surface area contributed by atoms with Crippen molar-refractivity contribution in [1.29, 1.82) is 0 Å². The fourth-order valence-corrected chi connectivity index (χ4v) is 3.75. The Morgan fingerprint density at radius 2 is 1.84 bits per heavy atom. The smallest absolute Gasteiger partial charge is 0.270 e. The van der Waals surface area contributed by atoms with Gasteiger partial charge in [-0.05, 0) is 29.2 Å². The van der Waals surface area contributed by atoms with E-state index >= 15 is 0 Å². The van der Waals surface area contributed by atoms with Crippen molar-refractivity contribution in [3.63, 3.8) is 0 Å². The number of amides is 1. The third-order valence-electron chi connectivity index (χ3n) is 5.51. The lowest BCUT2D eigenvalue weighted by Gasteiger charge is -2.36. The van der Waals surface area contributed by atoms with Gasteiger partial charge in [0.2, 0.25) is 0 Å².